The van der Waals surface area contributed by atoms with Crippen LogP contribution < -0.4 is 0 Å². The molecule has 0 radical (unpaired) electrons. The van der Waals surface area contributed by atoms with Gasteiger partial charge >= 0.3 is 0 Å². The molecule has 144 valence electrons. The average molecular weight is 344 g/mol. The Morgan fingerprint density at radius 3 is 2.00 bits per heavy atom. The predicted molar refractivity (Wildman–Crippen MR) is 101 cm³/mol. The first-order valence-corrected chi connectivity index (χ1v) is 10.2. The molecular weight excluding hydrogens is 302 g/mol. The molecule has 0 saturated carbocycles. The highest BCUT2D eigenvalue weighted by Gasteiger charge is 2.16. The Morgan fingerprint density at radius 2 is 1.42 bits per heavy atom. The van der Waals surface area contributed by atoms with Crippen molar-refractivity contribution in [2.45, 2.75) is 103 Å². The fourth-order valence-corrected chi connectivity index (χ4v) is 2.98. The number of aliphatic hydroxyl groups excluding tert-OH is 2. The third-order valence-electron chi connectivity index (χ3n) is 4.54. The number of carbonyl (C=O) groups is 1. The van der Waals surface area contributed by atoms with Crippen molar-refractivity contribution in [3.05, 3.63) is 0 Å². The van der Waals surface area contributed by atoms with Crippen LogP contribution in [-0.4, -0.2) is 46.8 Å². The number of aliphatic hydroxyl groups is 2. The molecule has 0 aromatic heterocycles. The molecule has 0 fully saturated rings. The number of unbranched alkanes of at least 4 members (excludes halogenated alkanes) is 9. The molecule has 2 N–H and O–H groups in total. The van der Waals surface area contributed by atoms with E-state index in [0.29, 0.717) is 19.5 Å². The van der Waals surface area contributed by atoms with Crippen LogP contribution in [0.15, 0.2) is 0 Å². The van der Waals surface area contributed by atoms with Gasteiger partial charge in [0.05, 0.1) is 12.7 Å². The summed E-state index contributed by atoms with van der Waals surface area (Å²) in [6, 6.07) is 0. The van der Waals surface area contributed by atoms with Crippen LogP contribution in [0.3, 0.4) is 0 Å². The fourth-order valence-electron chi connectivity index (χ4n) is 2.98. The van der Waals surface area contributed by atoms with Crippen LogP contribution in [0.25, 0.3) is 0 Å². The minimum atomic E-state index is -0.466. The Bertz CT molecular complexity index is 284. The highest BCUT2D eigenvalue weighted by Crippen LogP contribution is 2.12. The molecule has 0 aliphatic carbocycles. The van der Waals surface area contributed by atoms with E-state index in [1.807, 2.05) is 0 Å². The molecule has 0 spiro atoms. The Hall–Kier alpha value is -0.610. The quantitative estimate of drug-likeness (QED) is 0.388. The number of carbonyl (C=O) groups excluding carboxylic acids is 1. The molecule has 0 bridgehead atoms. The van der Waals surface area contributed by atoms with Gasteiger partial charge in [0.25, 0.3) is 0 Å². The van der Waals surface area contributed by atoms with Crippen molar-refractivity contribution in [2.24, 2.45) is 0 Å². The Kier molecular flexibility index (Phi) is 16.8. The summed E-state index contributed by atoms with van der Waals surface area (Å²) in [5.41, 5.74) is 0. The van der Waals surface area contributed by atoms with Gasteiger partial charge in [0, 0.05) is 19.5 Å². The molecule has 0 aliphatic rings. The fraction of sp³-hybridized carbons (Fsp3) is 0.950. The summed E-state index contributed by atoms with van der Waals surface area (Å²) in [4.78, 5) is 13.8. The first-order valence-electron chi connectivity index (χ1n) is 10.2. The summed E-state index contributed by atoms with van der Waals surface area (Å²) in [5.74, 6) is 0.0625. The number of nitrogens with zero attached hydrogens (tertiary/aromatic N) is 1. The molecule has 1 unspecified atom stereocenters. The van der Waals surface area contributed by atoms with E-state index in [0.717, 1.165) is 38.5 Å². The lowest BCUT2D eigenvalue weighted by Crippen LogP contribution is -2.39. The van der Waals surface area contributed by atoms with Crippen molar-refractivity contribution < 1.29 is 15.0 Å². The topological polar surface area (TPSA) is 60.8 Å². The van der Waals surface area contributed by atoms with Gasteiger partial charge in [0.15, 0.2) is 0 Å². The van der Waals surface area contributed by atoms with Crippen LogP contribution in [0.5, 0.6) is 0 Å². The number of hydrogen-bond donors (Lipinski definition) is 2. The zero-order valence-electron chi connectivity index (χ0n) is 16.1. The van der Waals surface area contributed by atoms with E-state index < -0.39 is 6.10 Å². The lowest BCUT2D eigenvalue weighted by atomic mass is 10.1. The lowest BCUT2D eigenvalue weighted by molar-refractivity contribution is -0.133. The maximum atomic E-state index is 12.1. The molecule has 0 aromatic carbocycles. The smallest absolute Gasteiger partial charge is 0.222 e. The summed E-state index contributed by atoms with van der Waals surface area (Å²) < 4.78 is 0. The van der Waals surface area contributed by atoms with Gasteiger partial charge in [-0.05, 0) is 12.8 Å². The van der Waals surface area contributed by atoms with E-state index in [1.165, 1.54) is 38.5 Å². The van der Waals surface area contributed by atoms with Gasteiger partial charge in [-0.25, -0.2) is 0 Å². The predicted octanol–water partition coefficient (Wildman–Crippen LogP) is 4.28. The zero-order valence-corrected chi connectivity index (χ0v) is 16.1. The van der Waals surface area contributed by atoms with Crippen molar-refractivity contribution in [3.8, 4) is 0 Å². The highest BCUT2D eigenvalue weighted by molar-refractivity contribution is 5.76. The second kappa shape index (κ2) is 17.2. The second-order valence-electron chi connectivity index (χ2n) is 6.94. The van der Waals surface area contributed by atoms with Crippen molar-refractivity contribution in [2.75, 3.05) is 19.7 Å². The molecule has 1 atom stereocenters. The van der Waals surface area contributed by atoms with E-state index in [9.17, 15) is 9.90 Å². The van der Waals surface area contributed by atoms with Gasteiger partial charge in [0.2, 0.25) is 5.91 Å². The molecule has 1 amide bonds. The van der Waals surface area contributed by atoms with Crippen molar-refractivity contribution >= 4 is 5.91 Å². The van der Waals surface area contributed by atoms with Crippen molar-refractivity contribution in [1.82, 2.24) is 4.90 Å². The van der Waals surface area contributed by atoms with Crippen LogP contribution in [0, 0.1) is 0 Å². The Balaban J connectivity index is 3.81. The van der Waals surface area contributed by atoms with Crippen molar-refractivity contribution in [1.29, 1.82) is 0 Å². The van der Waals surface area contributed by atoms with E-state index in [-0.39, 0.29) is 12.5 Å². The highest BCUT2D eigenvalue weighted by atomic mass is 16.3. The van der Waals surface area contributed by atoms with E-state index in [1.54, 1.807) is 4.90 Å². The average Bonchev–Trinajstić information content (AvgIpc) is 2.57. The summed E-state index contributed by atoms with van der Waals surface area (Å²) in [6.45, 7) is 5.00. The van der Waals surface area contributed by atoms with Crippen LogP contribution in [0.2, 0.25) is 0 Å². The Labute approximate surface area is 149 Å². The maximum absolute atomic E-state index is 12.1. The van der Waals surface area contributed by atoms with E-state index in [2.05, 4.69) is 13.8 Å². The van der Waals surface area contributed by atoms with Crippen LogP contribution in [0.1, 0.15) is 97.3 Å². The normalized spacial score (nSPS) is 12.3. The van der Waals surface area contributed by atoms with Crippen LogP contribution in [-0.2, 0) is 4.79 Å². The molecule has 0 heterocycles. The molecule has 0 rings (SSSR count). The number of amides is 1. The first kappa shape index (κ1) is 23.4. The second-order valence-corrected chi connectivity index (χ2v) is 6.94. The van der Waals surface area contributed by atoms with Crippen molar-refractivity contribution in [3.63, 3.8) is 0 Å². The minimum absolute atomic E-state index is 0.0377. The van der Waals surface area contributed by atoms with Gasteiger partial charge in [0.1, 0.15) is 0 Å². The minimum Gasteiger partial charge on any atom is -0.395 e. The van der Waals surface area contributed by atoms with Gasteiger partial charge in [-0.2, -0.15) is 0 Å². The lowest BCUT2D eigenvalue weighted by Gasteiger charge is -2.24. The largest absolute Gasteiger partial charge is 0.395 e. The molecule has 24 heavy (non-hydrogen) atoms. The van der Waals surface area contributed by atoms with Gasteiger partial charge in [-0.15, -0.1) is 0 Å². The van der Waals surface area contributed by atoms with Gasteiger partial charge in [-0.1, -0.05) is 78.1 Å². The summed E-state index contributed by atoms with van der Waals surface area (Å²) in [7, 11) is 0. The summed E-state index contributed by atoms with van der Waals surface area (Å²) >= 11 is 0. The molecule has 0 aliphatic heterocycles. The molecule has 4 heteroatoms. The molecule has 0 aromatic rings. The SMILES string of the molecule is CCCCCCCCCCC(O)CN(CCO)C(=O)CCCCC. The monoisotopic (exact) mass is 343 g/mol. The van der Waals surface area contributed by atoms with Gasteiger partial charge in [-0.3, -0.25) is 4.79 Å². The van der Waals surface area contributed by atoms with E-state index >= 15 is 0 Å². The van der Waals surface area contributed by atoms with Crippen LogP contribution >= 0.6 is 0 Å². The van der Waals surface area contributed by atoms with E-state index in [4.69, 9.17) is 5.11 Å². The first-order chi connectivity index (χ1) is 11.7. The summed E-state index contributed by atoms with van der Waals surface area (Å²) in [5, 5.41) is 19.3. The van der Waals surface area contributed by atoms with Crippen LogP contribution in [0.4, 0.5) is 0 Å². The third-order valence-corrected chi connectivity index (χ3v) is 4.54. The molecular formula is C20H41NO3. The third kappa shape index (κ3) is 13.8. The molecule has 0 saturated heterocycles. The number of hydrogen-bond acceptors (Lipinski definition) is 3. The Morgan fingerprint density at radius 1 is 0.875 bits per heavy atom. The number of rotatable bonds is 17. The van der Waals surface area contributed by atoms with Gasteiger partial charge < -0.3 is 15.1 Å². The summed E-state index contributed by atoms with van der Waals surface area (Å²) in [6.07, 6.45) is 13.9. The zero-order chi connectivity index (χ0) is 18.0. The molecule has 4 nitrogen and oxygen atoms in total. The maximum Gasteiger partial charge on any atom is 0.222 e. The standard InChI is InChI=1S/C20H41NO3/c1-3-5-7-8-9-10-11-13-14-19(23)18-21(16-17-22)20(24)15-12-6-4-2/h19,22-23H,3-18H2,1-2H3.